The fraction of sp³-hybridized carbons (Fsp3) is 0.542. The molecule has 2 aliphatic rings. The van der Waals surface area contributed by atoms with Crippen molar-refractivity contribution in [3.63, 3.8) is 0 Å². The molecule has 1 atom stereocenters. The van der Waals surface area contributed by atoms with E-state index in [9.17, 15) is 9.59 Å². The Morgan fingerprint density at radius 1 is 1.19 bits per heavy atom. The molecule has 1 spiro atoms. The van der Waals surface area contributed by atoms with Crippen LogP contribution in [0.3, 0.4) is 0 Å². The molecule has 0 aliphatic carbocycles. The summed E-state index contributed by atoms with van der Waals surface area (Å²) in [6.07, 6.45) is 6.67. The summed E-state index contributed by atoms with van der Waals surface area (Å²) in [7, 11) is 0. The van der Waals surface area contributed by atoms with Crippen molar-refractivity contribution in [2.45, 2.75) is 51.9 Å². The second-order valence-electron chi connectivity index (χ2n) is 8.70. The van der Waals surface area contributed by atoms with E-state index < -0.39 is 0 Å². The number of hydrogen-bond donors (Lipinski definition) is 1. The monoisotopic (exact) mass is 425 g/mol. The van der Waals surface area contributed by atoms with E-state index in [1.165, 1.54) is 0 Å². The van der Waals surface area contributed by atoms with E-state index in [0.29, 0.717) is 43.3 Å². The second-order valence-corrected chi connectivity index (χ2v) is 8.70. The first-order chi connectivity index (χ1) is 15.1. The van der Waals surface area contributed by atoms with Gasteiger partial charge in [-0.1, -0.05) is 37.1 Å². The molecular weight excluding hydrogens is 394 g/mol. The third-order valence-electron chi connectivity index (χ3n) is 6.45. The summed E-state index contributed by atoms with van der Waals surface area (Å²) in [4.78, 5) is 27.8. The van der Waals surface area contributed by atoms with Crippen molar-refractivity contribution < 1.29 is 18.8 Å². The number of rotatable bonds is 2. The minimum Gasteiger partial charge on any atom is -0.493 e. The molecule has 1 aromatic heterocycles. The lowest BCUT2D eigenvalue weighted by atomic mass is 9.75. The smallest absolute Gasteiger partial charge is 0.292 e. The van der Waals surface area contributed by atoms with Gasteiger partial charge in [-0.3, -0.25) is 9.59 Å². The summed E-state index contributed by atoms with van der Waals surface area (Å²) in [5.41, 5.74) is 1.22. The lowest BCUT2D eigenvalue weighted by molar-refractivity contribution is 0.0435. The molecule has 1 aromatic carbocycles. The first-order valence-electron chi connectivity index (χ1n) is 11.4. The van der Waals surface area contributed by atoms with Gasteiger partial charge in [-0.15, -0.1) is 0 Å². The van der Waals surface area contributed by atoms with Gasteiger partial charge in [0.1, 0.15) is 5.75 Å². The average Bonchev–Trinajstić information content (AvgIpc) is 3.28. The maximum atomic E-state index is 13.0. The lowest BCUT2D eigenvalue weighted by Gasteiger charge is -2.43. The molecule has 1 N–H and O–H groups in total. The minimum absolute atomic E-state index is 0.109. The molecular formula is C24H31N3O4. The number of fused-ring (bicyclic) bond motifs is 1. The van der Waals surface area contributed by atoms with Crippen LogP contribution in [-0.2, 0) is 6.42 Å². The first kappa shape index (κ1) is 21.4. The summed E-state index contributed by atoms with van der Waals surface area (Å²) < 4.78 is 11.1. The highest BCUT2D eigenvalue weighted by atomic mass is 16.5. The number of benzene rings is 1. The number of piperidine rings is 1. The van der Waals surface area contributed by atoms with E-state index >= 15 is 0 Å². The molecule has 1 fully saturated rings. The van der Waals surface area contributed by atoms with Crippen LogP contribution in [0.5, 0.6) is 5.75 Å². The van der Waals surface area contributed by atoms with Crippen molar-refractivity contribution in [1.82, 2.24) is 15.4 Å². The van der Waals surface area contributed by atoms with Crippen molar-refractivity contribution in [2.75, 3.05) is 26.2 Å². The topological polar surface area (TPSA) is 84.7 Å². The van der Waals surface area contributed by atoms with Gasteiger partial charge in [0.05, 0.1) is 17.9 Å². The van der Waals surface area contributed by atoms with Gasteiger partial charge in [-0.25, -0.2) is 0 Å². The maximum absolute atomic E-state index is 13.0. The van der Waals surface area contributed by atoms with Crippen LogP contribution < -0.4 is 10.1 Å². The third-order valence-corrected chi connectivity index (χ3v) is 6.45. The van der Waals surface area contributed by atoms with Gasteiger partial charge in [0.25, 0.3) is 11.8 Å². The maximum Gasteiger partial charge on any atom is 0.292 e. The summed E-state index contributed by atoms with van der Waals surface area (Å²) in [6.45, 7) is 4.45. The summed E-state index contributed by atoms with van der Waals surface area (Å²) in [5, 5.41) is 7.10. The van der Waals surface area contributed by atoms with Crippen LogP contribution in [0.25, 0.3) is 0 Å². The highest BCUT2D eigenvalue weighted by Gasteiger charge is 2.38. The van der Waals surface area contributed by atoms with E-state index in [-0.39, 0.29) is 17.2 Å². The van der Waals surface area contributed by atoms with Crippen molar-refractivity contribution in [3.05, 3.63) is 47.3 Å². The molecule has 2 aromatic rings. The molecule has 0 bridgehead atoms. The standard InChI is InChI=1S/C24H31N3O4/c1-2-18-15-21(31-26-18)23(29)27-13-8-12-24(17-27)11-6-3-7-14-30-20-10-5-4-9-19(20)22(28)25-16-24/h4-5,9-10,15H,2-3,6-8,11-14,16-17H2,1H3,(H,25,28). The molecule has 2 amide bonds. The fourth-order valence-electron chi connectivity index (χ4n) is 4.66. The molecule has 0 radical (unpaired) electrons. The zero-order chi connectivity index (χ0) is 21.7. The van der Waals surface area contributed by atoms with Crippen LogP contribution in [0.4, 0.5) is 0 Å². The zero-order valence-electron chi connectivity index (χ0n) is 18.2. The van der Waals surface area contributed by atoms with Gasteiger partial charge in [0.15, 0.2) is 0 Å². The summed E-state index contributed by atoms with van der Waals surface area (Å²) in [6, 6.07) is 9.13. The number of aryl methyl sites for hydroxylation is 1. The Labute approximate surface area is 183 Å². The Morgan fingerprint density at radius 2 is 2.03 bits per heavy atom. The number of ether oxygens (including phenoxy) is 1. The minimum atomic E-state index is -0.133. The van der Waals surface area contributed by atoms with Crippen LogP contribution in [-0.4, -0.2) is 48.1 Å². The van der Waals surface area contributed by atoms with Gasteiger partial charge in [0, 0.05) is 31.1 Å². The van der Waals surface area contributed by atoms with E-state index in [2.05, 4.69) is 10.5 Å². The Balaban J connectivity index is 1.51. The van der Waals surface area contributed by atoms with Crippen molar-refractivity contribution in [3.8, 4) is 5.75 Å². The Morgan fingerprint density at radius 3 is 2.87 bits per heavy atom. The predicted octanol–water partition coefficient (Wildman–Crippen LogP) is 3.84. The van der Waals surface area contributed by atoms with Gasteiger partial charge in [-0.2, -0.15) is 0 Å². The molecule has 4 rings (SSSR count). The van der Waals surface area contributed by atoms with E-state index in [4.69, 9.17) is 9.26 Å². The van der Waals surface area contributed by atoms with Crippen LogP contribution in [0, 0.1) is 5.41 Å². The molecule has 31 heavy (non-hydrogen) atoms. The number of nitrogens with zero attached hydrogens (tertiary/aromatic N) is 2. The van der Waals surface area contributed by atoms with Gasteiger partial charge < -0.3 is 19.5 Å². The molecule has 1 unspecified atom stereocenters. The third kappa shape index (κ3) is 4.92. The van der Waals surface area contributed by atoms with Crippen LogP contribution in [0.1, 0.15) is 72.1 Å². The Kier molecular flexibility index (Phi) is 6.59. The normalized spacial score (nSPS) is 22.6. The first-order valence-corrected chi connectivity index (χ1v) is 11.4. The highest BCUT2D eigenvalue weighted by molar-refractivity contribution is 5.97. The van der Waals surface area contributed by atoms with E-state index in [1.54, 1.807) is 12.1 Å². The largest absolute Gasteiger partial charge is 0.493 e. The zero-order valence-corrected chi connectivity index (χ0v) is 18.2. The van der Waals surface area contributed by atoms with Crippen LogP contribution in [0.2, 0.25) is 0 Å². The highest BCUT2D eigenvalue weighted by Crippen LogP contribution is 2.36. The number of para-hydroxylation sites is 1. The number of amides is 2. The Hall–Kier alpha value is -2.83. The van der Waals surface area contributed by atoms with Crippen LogP contribution >= 0.6 is 0 Å². The van der Waals surface area contributed by atoms with E-state index in [1.807, 2.05) is 30.0 Å². The SMILES string of the molecule is CCc1cc(C(=O)N2CCCC3(CCCCCOc4ccccc4C(=O)NC3)C2)on1. The van der Waals surface area contributed by atoms with Crippen molar-refractivity contribution in [2.24, 2.45) is 5.41 Å². The van der Waals surface area contributed by atoms with Gasteiger partial charge >= 0.3 is 0 Å². The molecule has 3 heterocycles. The quantitative estimate of drug-likeness (QED) is 0.790. The molecule has 166 valence electrons. The molecule has 7 heteroatoms. The van der Waals surface area contributed by atoms with Crippen molar-refractivity contribution >= 4 is 11.8 Å². The lowest BCUT2D eigenvalue weighted by Crippen LogP contribution is -2.51. The van der Waals surface area contributed by atoms with E-state index in [0.717, 1.165) is 50.6 Å². The van der Waals surface area contributed by atoms with Crippen molar-refractivity contribution in [1.29, 1.82) is 0 Å². The number of carbonyl (C=O) groups excluding carboxylic acids is 2. The number of hydrogen-bond acceptors (Lipinski definition) is 5. The Bertz CT molecular complexity index is 925. The summed E-state index contributed by atoms with van der Waals surface area (Å²) in [5.74, 6) is 0.702. The molecule has 7 nitrogen and oxygen atoms in total. The van der Waals surface area contributed by atoms with Gasteiger partial charge in [-0.05, 0) is 44.2 Å². The van der Waals surface area contributed by atoms with Gasteiger partial charge in [0.2, 0.25) is 5.76 Å². The summed E-state index contributed by atoms with van der Waals surface area (Å²) >= 11 is 0. The predicted molar refractivity (Wildman–Crippen MR) is 116 cm³/mol. The number of aromatic nitrogens is 1. The van der Waals surface area contributed by atoms with Crippen LogP contribution in [0.15, 0.2) is 34.9 Å². The second kappa shape index (κ2) is 9.54. The fourth-order valence-corrected chi connectivity index (χ4v) is 4.66. The molecule has 0 saturated carbocycles. The number of likely N-dealkylation sites (tertiary alicyclic amines) is 1. The molecule has 1 saturated heterocycles. The number of nitrogens with one attached hydrogen (secondary N) is 1. The average molecular weight is 426 g/mol. The molecule has 2 aliphatic heterocycles. The number of carbonyl (C=O) groups is 2.